The van der Waals surface area contributed by atoms with Crippen molar-refractivity contribution in [2.75, 3.05) is 26.2 Å². The molecule has 24 heavy (non-hydrogen) atoms. The molecule has 1 amide bonds. The van der Waals surface area contributed by atoms with Gasteiger partial charge in [-0.05, 0) is 47.8 Å². The third-order valence-corrected chi connectivity index (χ3v) is 7.66. The van der Waals surface area contributed by atoms with Crippen LogP contribution in [0.3, 0.4) is 0 Å². The molecule has 8 heteroatoms. The van der Waals surface area contributed by atoms with Crippen LogP contribution in [0.25, 0.3) is 0 Å². The molecule has 1 saturated carbocycles. The monoisotopic (exact) mass is 416 g/mol. The first-order chi connectivity index (χ1) is 11.4. The van der Waals surface area contributed by atoms with Crippen molar-refractivity contribution in [3.05, 3.63) is 28.7 Å². The molecular formula is C16H23BrN3O3S+. The van der Waals surface area contributed by atoms with E-state index in [1.54, 1.807) is 24.3 Å². The highest BCUT2D eigenvalue weighted by molar-refractivity contribution is 9.10. The molecule has 0 aromatic heterocycles. The highest BCUT2D eigenvalue weighted by Gasteiger charge is 2.36. The highest BCUT2D eigenvalue weighted by Crippen LogP contribution is 2.24. The van der Waals surface area contributed by atoms with Crippen LogP contribution in [0.1, 0.15) is 19.8 Å². The number of rotatable bonds is 5. The second-order valence-corrected chi connectivity index (χ2v) is 9.26. The summed E-state index contributed by atoms with van der Waals surface area (Å²) in [7, 11) is -3.50. The number of quaternary nitrogens is 1. The lowest BCUT2D eigenvalue weighted by atomic mass is 10.2. The summed E-state index contributed by atoms with van der Waals surface area (Å²) in [6.45, 7) is 4.07. The van der Waals surface area contributed by atoms with E-state index >= 15 is 0 Å². The Morgan fingerprint density at radius 3 is 2.50 bits per heavy atom. The fourth-order valence-corrected chi connectivity index (χ4v) is 5.38. The molecule has 2 fully saturated rings. The van der Waals surface area contributed by atoms with Crippen molar-refractivity contribution in [1.29, 1.82) is 0 Å². The number of benzene rings is 1. The Labute approximate surface area is 151 Å². The number of nitrogens with one attached hydrogen (secondary N) is 2. The van der Waals surface area contributed by atoms with Crippen molar-refractivity contribution in [2.24, 2.45) is 0 Å². The maximum Gasteiger partial charge on any atom is 0.278 e. The molecule has 1 atom stereocenters. The van der Waals surface area contributed by atoms with Crippen LogP contribution < -0.4 is 10.2 Å². The fraction of sp³-hybridized carbons (Fsp3) is 0.562. The zero-order valence-corrected chi connectivity index (χ0v) is 16.1. The first-order valence-corrected chi connectivity index (χ1v) is 10.5. The molecule has 0 radical (unpaired) electrons. The van der Waals surface area contributed by atoms with Crippen LogP contribution in [0, 0.1) is 0 Å². The number of sulfonamides is 1. The molecular weight excluding hydrogens is 394 g/mol. The van der Waals surface area contributed by atoms with Gasteiger partial charge in [-0.1, -0.05) is 12.1 Å². The van der Waals surface area contributed by atoms with E-state index in [1.165, 1.54) is 4.31 Å². The normalized spacial score (nSPS) is 21.4. The molecule has 1 aromatic carbocycles. The van der Waals surface area contributed by atoms with Crippen LogP contribution in [0.4, 0.5) is 0 Å². The lowest BCUT2D eigenvalue weighted by Crippen LogP contribution is -3.19. The third kappa shape index (κ3) is 3.82. The van der Waals surface area contributed by atoms with Gasteiger partial charge < -0.3 is 10.2 Å². The van der Waals surface area contributed by atoms with Gasteiger partial charge in [-0.2, -0.15) is 4.31 Å². The molecule has 3 rings (SSSR count). The lowest BCUT2D eigenvalue weighted by molar-refractivity contribution is -0.917. The van der Waals surface area contributed by atoms with E-state index in [2.05, 4.69) is 21.2 Å². The number of nitrogens with zero attached hydrogens (tertiary/aromatic N) is 1. The van der Waals surface area contributed by atoms with Crippen molar-refractivity contribution in [1.82, 2.24) is 9.62 Å². The highest BCUT2D eigenvalue weighted by atomic mass is 79.9. The summed E-state index contributed by atoms with van der Waals surface area (Å²) in [6, 6.07) is 7.09. The molecule has 1 aliphatic carbocycles. The van der Waals surface area contributed by atoms with E-state index in [4.69, 9.17) is 0 Å². The largest absolute Gasteiger partial charge is 0.348 e. The summed E-state index contributed by atoms with van der Waals surface area (Å²) in [5.41, 5.74) is 0. The van der Waals surface area contributed by atoms with E-state index in [9.17, 15) is 13.2 Å². The summed E-state index contributed by atoms with van der Waals surface area (Å²) in [4.78, 5) is 13.6. The summed E-state index contributed by atoms with van der Waals surface area (Å²) < 4.78 is 27.7. The molecule has 1 saturated heterocycles. The van der Waals surface area contributed by atoms with Crippen LogP contribution >= 0.6 is 15.9 Å². The van der Waals surface area contributed by atoms with Crippen LogP contribution in [0.15, 0.2) is 33.6 Å². The van der Waals surface area contributed by atoms with Gasteiger partial charge in [0.15, 0.2) is 6.04 Å². The van der Waals surface area contributed by atoms with Crippen molar-refractivity contribution in [3.63, 3.8) is 0 Å². The maximum absolute atomic E-state index is 12.8. The zero-order chi connectivity index (χ0) is 17.3. The van der Waals surface area contributed by atoms with Gasteiger partial charge in [-0.25, -0.2) is 8.42 Å². The van der Waals surface area contributed by atoms with Gasteiger partial charge >= 0.3 is 0 Å². The van der Waals surface area contributed by atoms with Gasteiger partial charge in [-0.15, -0.1) is 0 Å². The average Bonchev–Trinajstić information content (AvgIpc) is 3.38. The third-order valence-electron chi connectivity index (χ3n) is 4.75. The Morgan fingerprint density at radius 2 is 1.92 bits per heavy atom. The van der Waals surface area contributed by atoms with E-state index in [0.29, 0.717) is 41.6 Å². The smallest absolute Gasteiger partial charge is 0.278 e. The number of hydrogen-bond acceptors (Lipinski definition) is 3. The quantitative estimate of drug-likeness (QED) is 0.709. The molecule has 6 nitrogen and oxygen atoms in total. The molecule has 2 N–H and O–H groups in total. The predicted octanol–water partition coefficient (Wildman–Crippen LogP) is 0.00540. The van der Waals surface area contributed by atoms with Crippen molar-refractivity contribution < 1.29 is 18.1 Å². The van der Waals surface area contributed by atoms with Crippen molar-refractivity contribution in [2.45, 2.75) is 36.7 Å². The van der Waals surface area contributed by atoms with Crippen molar-refractivity contribution in [3.8, 4) is 0 Å². The van der Waals surface area contributed by atoms with Crippen LogP contribution in [0.2, 0.25) is 0 Å². The Morgan fingerprint density at radius 1 is 1.29 bits per heavy atom. The maximum atomic E-state index is 12.8. The standard InChI is InChI=1S/C16H22BrN3O3S/c1-12(16(21)18-13-6-7-13)19-8-10-20(11-9-19)24(22,23)15-5-3-2-4-14(15)17/h2-5,12-13H,6-11H2,1H3,(H,18,21)/p+1/t12-/m0/s1. The molecule has 132 valence electrons. The number of hydrogen-bond donors (Lipinski definition) is 2. The number of carbonyl (C=O) groups excluding carboxylic acids is 1. The van der Waals surface area contributed by atoms with Gasteiger partial charge in [0.05, 0.1) is 31.1 Å². The summed E-state index contributed by atoms with van der Waals surface area (Å²) in [5, 5.41) is 3.03. The molecule has 0 spiro atoms. The summed E-state index contributed by atoms with van der Waals surface area (Å²) in [6.07, 6.45) is 2.15. The number of carbonyl (C=O) groups is 1. The lowest BCUT2D eigenvalue weighted by Gasteiger charge is -2.34. The van der Waals surface area contributed by atoms with Crippen molar-refractivity contribution >= 4 is 31.9 Å². The first-order valence-electron chi connectivity index (χ1n) is 8.29. The van der Waals surface area contributed by atoms with Gasteiger partial charge in [0.2, 0.25) is 10.0 Å². The van der Waals surface area contributed by atoms with Gasteiger partial charge in [-0.3, -0.25) is 4.79 Å². The predicted molar refractivity (Wildman–Crippen MR) is 94.2 cm³/mol. The SMILES string of the molecule is C[C@@H](C(=O)NC1CC1)[NH+]1CCN(S(=O)(=O)c2ccccc2Br)CC1. The number of halogens is 1. The molecule has 1 aromatic rings. The van der Waals surface area contributed by atoms with Crippen LogP contribution in [-0.2, 0) is 14.8 Å². The average molecular weight is 417 g/mol. The second kappa shape index (κ2) is 7.11. The topological polar surface area (TPSA) is 70.9 Å². The Balaban J connectivity index is 1.62. The van der Waals surface area contributed by atoms with Gasteiger partial charge in [0.1, 0.15) is 0 Å². The van der Waals surface area contributed by atoms with E-state index < -0.39 is 10.0 Å². The fourth-order valence-electron chi connectivity index (χ4n) is 2.98. The number of amides is 1. The van der Waals surface area contributed by atoms with Gasteiger partial charge in [0, 0.05) is 10.5 Å². The Hall–Kier alpha value is -0.960. The molecule has 0 unspecified atom stereocenters. The summed E-state index contributed by atoms with van der Waals surface area (Å²) >= 11 is 3.32. The first kappa shape index (κ1) is 17.8. The second-order valence-electron chi connectivity index (χ2n) is 6.50. The minimum atomic E-state index is -3.50. The molecule has 2 aliphatic rings. The van der Waals surface area contributed by atoms with E-state index in [0.717, 1.165) is 17.7 Å². The Bertz CT molecular complexity index is 713. The van der Waals surface area contributed by atoms with E-state index in [-0.39, 0.29) is 11.9 Å². The summed E-state index contributed by atoms with van der Waals surface area (Å²) in [5.74, 6) is 0.0783. The minimum absolute atomic E-state index is 0.0783. The van der Waals surface area contributed by atoms with Crippen LogP contribution in [0.5, 0.6) is 0 Å². The Kier molecular flexibility index (Phi) is 5.29. The molecule has 1 aliphatic heterocycles. The minimum Gasteiger partial charge on any atom is -0.348 e. The zero-order valence-electron chi connectivity index (χ0n) is 13.7. The van der Waals surface area contributed by atoms with Gasteiger partial charge in [0.25, 0.3) is 5.91 Å². The molecule has 0 bridgehead atoms. The number of piperazine rings is 1. The van der Waals surface area contributed by atoms with E-state index in [1.807, 2.05) is 6.92 Å². The van der Waals surface area contributed by atoms with Crippen LogP contribution in [-0.4, -0.2) is 56.9 Å². The molecule has 1 heterocycles.